The number of benzene rings is 1. The maximum absolute atomic E-state index is 6.25. The summed E-state index contributed by atoms with van der Waals surface area (Å²) >= 11 is 7.79. The van der Waals surface area contributed by atoms with Crippen molar-refractivity contribution in [2.45, 2.75) is 19.3 Å². The summed E-state index contributed by atoms with van der Waals surface area (Å²) in [7, 11) is 0. The van der Waals surface area contributed by atoms with Crippen molar-refractivity contribution in [1.82, 2.24) is 9.88 Å². The van der Waals surface area contributed by atoms with E-state index in [9.17, 15) is 0 Å². The van der Waals surface area contributed by atoms with Crippen LogP contribution < -0.4 is 10.6 Å². The first kappa shape index (κ1) is 18.0. The van der Waals surface area contributed by atoms with Gasteiger partial charge in [-0.1, -0.05) is 37.6 Å². The van der Waals surface area contributed by atoms with Crippen LogP contribution in [0.15, 0.2) is 40.8 Å². The number of anilines is 1. The number of hydrogen-bond acceptors (Lipinski definition) is 4. The summed E-state index contributed by atoms with van der Waals surface area (Å²) in [5.74, 6) is 0.619. The Kier molecular flexibility index (Phi) is 5.49. The van der Waals surface area contributed by atoms with E-state index in [2.05, 4.69) is 39.7 Å². The SMILES string of the molecule is CC(C)(CN=C(N)N1CCN(c2nccs2)CC1)c1cccc(Cl)c1. The van der Waals surface area contributed by atoms with Crippen LogP contribution in [-0.2, 0) is 5.41 Å². The summed E-state index contributed by atoms with van der Waals surface area (Å²) in [5, 5.41) is 3.84. The van der Waals surface area contributed by atoms with Gasteiger partial charge in [-0.15, -0.1) is 11.3 Å². The summed E-state index contributed by atoms with van der Waals surface area (Å²) in [5.41, 5.74) is 7.30. The lowest BCUT2D eigenvalue weighted by atomic mass is 9.85. The Morgan fingerprint density at radius 3 is 2.72 bits per heavy atom. The number of hydrogen-bond donors (Lipinski definition) is 1. The van der Waals surface area contributed by atoms with Crippen molar-refractivity contribution < 1.29 is 0 Å². The summed E-state index contributed by atoms with van der Waals surface area (Å²) in [4.78, 5) is 13.5. The van der Waals surface area contributed by atoms with Crippen LogP contribution >= 0.6 is 22.9 Å². The van der Waals surface area contributed by atoms with Crippen LogP contribution in [0.5, 0.6) is 0 Å². The van der Waals surface area contributed by atoms with E-state index in [0.29, 0.717) is 12.5 Å². The molecule has 7 heteroatoms. The summed E-state index contributed by atoms with van der Waals surface area (Å²) in [6, 6.07) is 7.95. The predicted molar refractivity (Wildman–Crippen MR) is 107 cm³/mol. The number of thiazole rings is 1. The van der Waals surface area contributed by atoms with Gasteiger partial charge in [-0.3, -0.25) is 4.99 Å². The Hall–Kier alpha value is -1.79. The van der Waals surface area contributed by atoms with Crippen LogP contribution in [0, 0.1) is 0 Å². The second-order valence-electron chi connectivity index (χ2n) is 6.86. The van der Waals surface area contributed by atoms with Crippen molar-refractivity contribution in [1.29, 1.82) is 0 Å². The van der Waals surface area contributed by atoms with Gasteiger partial charge in [0.15, 0.2) is 11.1 Å². The summed E-state index contributed by atoms with van der Waals surface area (Å²) in [6.45, 7) is 8.53. The molecule has 0 amide bonds. The second kappa shape index (κ2) is 7.62. The third-order valence-corrected chi connectivity index (χ3v) is 5.60. The maximum atomic E-state index is 6.25. The Bertz CT molecular complexity index is 721. The number of aliphatic imine (C=N–C) groups is 1. The molecule has 0 atom stereocenters. The molecular formula is C18H24ClN5S. The molecule has 1 aromatic carbocycles. The summed E-state index contributed by atoms with van der Waals surface area (Å²) in [6.07, 6.45) is 1.85. The van der Waals surface area contributed by atoms with Gasteiger partial charge in [0.25, 0.3) is 0 Å². The fourth-order valence-electron chi connectivity index (χ4n) is 2.88. The van der Waals surface area contributed by atoms with E-state index in [-0.39, 0.29) is 5.41 Å². The molecule has 1 aliphatic heterocycles. The van der Waals surface area contributed by atoms with Crippen molar-refractivity contribution in [3.05, 3.63) is 46.4 Å². The van der Waals surface area contributed by atoms with E-state index in [1.807, 2.05) is 29.8 Å². The molecular weight excluding hydrogens is 354 g/mol. The minimum atomic E-state index is -0.113. The highest BCUT2D eigenvalue weighted by Gasteiger charge is 2.23. The first-order valence-corrected chi connectivity index (χ1v) is 9.67. The quantitative estimate of drug-likeness (QED) is 0.656. The van der Waals surface area contributed by atoms with Gasteiger partial charge in [-0.05, 0) is 17.7 Å². The zero-order chi connectivity index (χ0) is 17.9. The second-order valence-corrected chi connectivity index (χ2v) is 8.17. The predicted octanol–water partition coefficient (Wildman–Crippen LogP) is 3.21. The average molecular weight is 378 g/mol. The Labute approximate surface area is 158 Å². The molecule has 3 rings (SSSR count). The standard InChI is InChI=1S/C18H24ClN5S/c1-18(2,14-4-3-5-15(19)12-14)13-22-16(20)23-7-9-24(10-8-23)17-21-6-11-25-17/h3-6,11-12H,7-10,13H2,1-2H3,(H2,20,22). The minimum absolute atomic E-state index is 0.113. The van der Waals surface area contributed by atoms with E-state index < -0.39 is 0 Å². The molecule has 1 aromatic heterocycles. The van der Waals surface area contributed by atoms with Crippen LogP contribution in [0.2, 0.25) is 5.02 Å². The first-order chi connectivity index (χ1) is 12.0. The molecule has 2 aromatic rings. The highest BCUT2D eigenvalue weighted by atomic mass is 35.5. The Morgan fingerprint density at radius 1 is 1.32 bits per heavy atom. The first-order valence-electron chi connectivity index (χ1n) is 8.41. The van der Waals surface area contributed by atoms with Crippen molar-refractivity contribution in [3.63, 3.8) is 0 Å². The number of rotatable bonds is 4. The molecule has 2 N–H and O–H groups in total. The van der Waals surface area contributed by atoms with Crippen molar-refractivity contribution in [2.24, 2.45) is 10.7 Å². The van der Waals surface area contributed by atoms with Crippen molar-refractivity contribution in [2.75, 3.05) is 37.6 Å². The average Bonchev–Trinajstić information content (AvgIpc) is 3.14. The molecule has 0 aliphatic carbocycles. The van der Waals surface area contributed by atoms with E-state index >= 15 is 0 Å². The molecule has 134 valence electrons. The topological polar surface area (TPSA) is 57.8 Å². The maximum Gasteiger partial charge on any atom is 0.191 e. The van der Waals surface area contributed by atoms with E-state index in [0.717, 1.165) is 36.3 Å². The van der Waals surface area contributed by atoms with Crippen LogP contribution in [0.1, 0.15) is 19.4 Å². The van der Waals surface area contributed by atoms with Crippen LogP contribution in [0.3, 0.4) is 0 Å². The number of aromatic nitrogens is 1. The van der Waals surface area contributed by atoms with Gasteiger partial charge in [0.1, 0.15) is 0 Å². The number of nitrogens with zero attached hydrogens (tertiary/aromatic N) is 4. The highest BCUT2D eigenvalue weighted by Crippen LogP contribution is 2.26. The molecule has 0 unspecified atom stereocenters. The molecule has 0 saturated carbocycles. The zero-order valence-electron chi connectivity index (χ0n) is 14.7. The van der Waals surface area contributed by atoms with Gasteiger partial charge in [0.05, 0.1) is 6.54 Å². The van der Waals surface area contributed by atoms with E-state index in [4.69, 9.17) is 17.3 Å². The molecule has 0 spiro atoms. The monoisotopic (exact) mass is 377 g/mol. The molecule has 0 bridgehead atoms. The van der Waals surface area contributed by atoms with Gasteiger partial charge >= 0.3 is 0 Å². The zero-order valence-corrected chi connectivity index (χ0v) is 16.2. The van der Waals surface area contributed by atoms with Gasteiger partial charge in [-0.2, -0.15) is 0 Å². The Balaban J connectivity index is 1.58. The van der Waals surface area contributed by atoms with Gasteiger partial charge in [0.2, 0.25) is 0 Å². The van der Waals surface area contributed by atoms with E-state index in [1.54, 1.807) is 11.3 Å². The number of piperazine rings is 1. The lowest BCUT2D eigenvalue weighted by Gasteiger charge is -2.35. The van der Waals surface area contributed by atoms with Crippen LogP contribution in [0.25, 0.3) is 0 Å². The molecule has 1 fully saturated rings. The van der Waals surface area contributed by atoms with Gasteiger partial charge < -0.3 is 15.5 Å². The summed E-state index contributed by atoms with van der Waals surface area (Å²) < 4.78 is 0. The molecule has 0 radical (unpaired) electrons. The van der Waals surface area contributed by atoms with Crippen molar-refractivity contribution >= 4 is 34.0 Å². The molecule has 1 aliphatic rings. The van der Waals surface area contributed by atoms with Crippen molar-refractivity contribution in [3.8, 4) is 0 Å². The van der Waals surface area contributed by atoms with Crippen LogP contribution in [-0.4, -0.2) is 48.6 Å². The number of nitrogens with two attached hydrogens (primary N) is 1. The highest BCUT2D eigenvalue weighted by molar-refractivity contribution is 7.13. The Morgan fingerprint density at radius 2 is 2.08 bits per heavy atom. The van der Waals surface area contributed by atoms with Gasteiger partial charge in [0, 0.05) is 48.2 Å². The third kappa shape index (κ3) is 4.44. The molecule has 25 heavy (non-hydrogen) atoms. The van der Waals surface area contributed by atoms with Crippen LogP contribution in [0.4, 0.5) is 5.13 Å². The lowest BCUT2D eigenvalue weighted by Crippen LogP contribution is -2.51. The largest absolute Gasteiger partial charge is 0.370 e. The third-order valence-electron chi connectivity index (χ3n) is 4.54. The normalized spacial score (nSPS) is 16.4. The smallest absolute Gasteiger partial charge is 0.191 e. The van der Waals surface area contributed by atoms with Gasteiger partial charge in [-0.25, -0.2) is 4.98 Å². The molecule has 1 saturated heterocycles. The number of guanidine groups is 1. The lowest BCUT2D eigenvalue weighted by molar-refractivity contribution is 0.378. The molecule has 5 nitrogen and oxygen atoms in total. The fourth-order valence-corrected chi connectivity index (χ4v) is 3.77. The number of halogens is 1. The fraction of sp³-hybridized carbons (Fsp3) is 0.444. The molecule has 2 heterocycles. The van der Waals surface area contributed by atoms with E-state index in [1.165, 1.54) is 5.56 Å². The minimum Gasteiger partial charge on any atom is -0.370 e.